The number of hydrogen-bond acceptors (Lipinski definition) is 0. The zero-order chi connectivity index (χ0) is 34.8. The van der Waals surface area contributed by atoms with Gasteiger partial charge in [0.1, 0.15) is 0 Å². The Labute approximate surface area is 279 Å². The molecule has 0 saturated heterocycles. The van der Waals surface area contributed by atoms with Gasteiger partial charge < -0.3 is 0 Å². The van der Waals surface area contributed by atoms with Crippen molar-refractivity contribution in [2.24, 2.45) is 0 Å². The molecular weight excluding hydrogens is 557 g/mol. The zero-order valence-electron chi connectivity index (χ0n) is 32.3. The van der Waals surface area contributed by atoms with Crippen LogP contribution in [0.3, 0.4) is 0 Å². The van der Waals surface area contributed by atoms with Crippen LogP contribution in [-0.4, -0.2) is 8.07 Å². The van der Waals surface area contributed by atoms with Crippen LogP contribution in [0.1, 0.15) is 158 Å². The Bertz CT molecular complexity index is 1300. The molecule has 0 spiro atoms. The van der Waals surface area contributed by atoms with Crippen LogP contribution in [0, 0.1) is 12.0 Å². The minimum absolute atomic E-state index is 0.0155. The standard InChI is InChI=1S/C44H64Si/c1-20-45(36-24-30(39(2,3)4)21-31(25-36)40(5,6)7,37-26-32(41(8,9)10)22-33(27-37)42(11,12)13)38-28-34(43(14,15)16)23-35(29-38)44(17,18)19/h1,21-29H,2-19H3. The number of terminal acetylenes is 1. The van der Waals surface area contributed by atoms with Crippen LogP contribution >= 0.6 is 0 Å². The van der Waals surface area contributed by atoms with Crippen LogP contribution in [-0.2, 0) is 32.5 Å². The highest BCUT2D eigenvalue weighted by Gasteiger charge is 2.42. The van der Waals surface area contributed by atoms with E-state index in [0.717, 1.165) is 0 Å². The maximum absolute atomic E-state index is 7.07. The fourth-order valence-corrected chi connectivity index (χ4v) is 9.61. The molecule has 3 aromatic rings. The van der Waals surface area contributed by atoms with E-state index in [9.17, 15) is 0 Å². The summed E-state index contributed by atoms with van der Waals surface area (Å²) in [6, 6.07) is 22.1. The Hall–Kier alpha value is -2.56. The van der Waals surface area contributed by atoms with Crippen LogP contribution < -0.4 is 15.6 Å². The van der Waals surface area contributed by atoms with Gasteiger partial charge in [-0.1, -0.05) is 179 Å². The van der Waals surface area contributed by atoms with E-state index in [2.05, 4.69) is 185 Å². The average molecular weight is 621 g/mol. The summed E-state index contributed by atoms with van der Waals surface area (Å²) < 4.78 is 0. The van der Waals surface area contributed by atoms with Gasteiger partial charge >= 0.3 is 0 Å². The first-order valence-corrected chi connectivity index (χ1v) is 19.0. The molecule has 0 saturated carbocycles. The summed E-state index contributed by atoms with van der Waals surface area (Å²) in [5.74, 6) is 0. The molecule has 0 unspecified atom stereocenters. The van der Waals surface area contributed by atoms with Crippen LogP contribution in [0.5, 0.6) is 0 Å². The van der Waals surface area contributed by atoms with Crippen LogP contribution in [0.25, 0.3) is 0 Å². The van der Waals surface area contributed by atoms with E-state index < -0.39 is 8.07 Å². The largest absolute Gasteiger partial charge is 0.229 e. The molecule has 244 valence electrons. The molecule has 0 aliphatic carbocycles. The minimum atomic E-state index is -3.03. The van der Waals surface area contributed by atoms with Gasteiger partial charge in [-0.25, -0.2) is 0 Å². The first-order valence-electron chi connectivity index (χ1n) is 17.0. The van der Waals surface area contributed by atoms with Gasteiger partial charge in [0.15, 0.2) is 0 Å². The summed E-state index contributed by atoms with van der Waals surface area (Å²) in [5, 5.41) is 3.96. The van der Waals surface area contributed by atoms with E-state index in [-0.39, 0.29) is 32.5 Å². The minimum Gasteiger partial charge on any atom is -0.126 e. The molecule has 0 radical (unpaired) electrons. The maximum Gasteiger partial charge on any atom is 0.229 e. The Kier molecular flexibility index (Phi) is 9.51. The predicted molar refractivity (Wildman–Crippen MR) is 205 cm³/mol. The second-order valence-electron chi connectivity index (χ2n) is 19.8. The molecule has 0 aromatic heterocycles. The van der Waals surface area contributed by atoms with E-state index in [1.807, 2.05) is 0 Å². The van der Waals surface area contributed by atoms with Crippen molar-refractivity contribution in [3.05, 3.63) is 88.0 Å². The second kappa shape index (κ2) is 11.6. The SMILES string of the molecule is C#C[Si](c1cc(C(C)(C)C)cc(C(C)(C)C)c1)(c1cc(C(C)(C)C)cc(C(C)(C)C)c1)c1cc(C(C)(C)C)cc(C(C)(C)C)c1. The Morgan fingerprint density at radius 3 is 0.600 bits per heavy atom. The zero-order valence-corrected chi connectivity index (χ0v) is 33.3. The summed E-state index contributed by atoms with van der Waals surface area (Å²) in [7, 11) is -3.03. The third kappa shape index (κ3) is 7.88. The molecule has 0 amide bonds. The highest BCUT2D eigenvalue weighted by molar-refractivity contribution is 7.16. The third-order valence-corrected chi connectivity index (χ3v) is 13.4. The van der Waals surface area contributed by atoms with Crippen molar-refractivity contribution in [3.63, 3.8) is 0 Å². The monoisotopic (exact) mass is 620 g/mol. The number of rotatable bonds is 3. The molecule has 1 heteroatoms. The van der Waals surface area contributed by atoms with Crippen molar-refractivity contribution in [2.75, 3.05) is 0 Å². The van der Waals surface area contributed by atoms with E-state index in [1.54, 1.807) is 0 Å². The first kappa shape index (κ1) is 36.9. The summed E-state index contributed by atoms with van der Waals surface area (Å²) in [6.45, 7) is 41.9. The molecule has 0 atom stereocenters. The molecule has 0 heterocycles. The molecule has 0 N–H and O–H groups in total. The summed E-state index contributed by atoms with van der Waals surface area (Å²) in [4.78, 5) is 0. The normalized spacial score (nSPS) is 14.0. The van der Waals surface area contributed by atoms with Gasteiger partial charge in [-0.15, -0.1) is 12.0 Å². The van der Waals surface area contributed by atoms with Crippen LogP contribution in [0.2, 0.25) is 0 Å². The number of benzene rings is 3. The third-order valence-electron chi connectivity index (χ3n) is 9.51. The van der Waals surface area contributed by atoms with Crippen molar-refractivity contribution < 1.29 is 0 Å². The van der Waals surface area contributed by atoms with Crippen molar-refractivity contribution in [1.29, 1.82) is 0 Å². The smallest absolute Gasteiger partial charge is 0.126 e. The summed E-state index contributed by atoms with van der Waals surface area (Å²) in [5.41, 5.74) is 11.7. The molecule has 0 bridgehead atoms. The molecule has 0 aliphatic heterocycles. The second-order valence-corrected chi connectivity index (χ2v) is 23.3. The van der Waals surface area contributed by atoms with Gasteiger partial charge in [-0.2, -0.15) is 0 Å². The van der Waals surface area contributed by atoms with Gasteiger partial charge in [-0.05, 0) is 81.4 Å². The lowest BCUT2D eigenvalue weighted by Gasteiger charge is -2.36. The van der Waals surface area contributed by atoms with E-state index >= 15 is 0 Å². The highest BCUT2D eigenvalue weighted by atomic mass is 28.3. The highest BCUT2D eigenvalue weighted by Crippen LogP contribution is 2.33. The van der Waals surface area contributed by atoms with Gasteiger partial charge in [-0.3, -0.25) is 0 Å². The predicted octanol–water partition coefficient (Wildman–Crippen LogP) is 10.1. The van der Waals surface area contributed by atoms with E-state index in [0.29, 0.717) is 0 Å². The van der Waals surface area contributed by atoms with Crippen molar-refractivity contribution in [2.45, 2.75) is 157 Å². The molecule has 0 aliphatic rings. The van der Waals surface area contributed by atoms with Crippen molar-refractivity contribution in [3.8, 4) is 12.0 Å². The van der Waals surface area contributed by atoms with Gasteiger partial charge in [0, 0.05) is 0 Å². The lowest BCUT2D eigenvalue weighted by Crippen LogP contribution is -2.67. The van der Waals surface area contributed by atoms with E-state index in [4.69, 9.17) is 6.42 Å². The fourth-order valence-electron chi connectivity index (χ4n) is 5.88. The fraction of sp³-hybridized carbons (Fsp3) is 0.545. The topological polar surface area (TPSA) is 0 Å². The van der Waals surface area contributed by atoms with Crippen LogP contribution in [0.15, 0.2) is 54.6 Å². The summed E-state index contributed by atoms with van der Waals surface area (Å²) >= 11 is 0. The maximum atomic E-state index is 7.07. The molecule has 45 heavy (non-hydrogen) atoms. The average Bonchev–Trinajstić information content (AvgIpc) is 2.86. The Morgan fingerprint density at radius 1 is 0.333 bits per heavy atom. The molecule has 3 rings (SSSR count). The van der Waals surface area contributed by atoms with Gasteiger partial charge in [0.05, 0.1) is 0 Å². The van der Waals surface area contributed by atoms with Crippen LogP contribution in [0.4, 0.5) is 0 Å². The molecule has 0 fully saturated rings. The molecule has 3 aromatic carbocycles. The Balaban J connectivity index is 2.75. The number of hydrogen-bond donors (Lipinski definition) is 0. The molecular formula is C44H64Si. The van der Waals surface area contributed by atoms with Gasteiger partial charge in [0.2, 0.25) is 8.07 Å². The first-order chi connectivity index (χ1) is 20.0. The van der Waals surface area contributed by atoms with E-state index in [1.165, 1.54) is 48.9 Å². The lowest BCUT2D eigenvalue weighted by atomic mass is 9.80. The van der Waals surface area contributed by atoms with Crippen molar-refractivity contribution >= 4 is 23.6 Å². The molecule has 0 nitrogen and oxygen atoms in total. The quantitative estimate of drug-likeness (QED) is 0.155. The van der Waals surface area contributed by atoms with Gasteiger partial charge in [0.25, 0.3) is 0 Å². The Morgan fingerprint density at radius 2 is 0.489 bits per heavy atom. The summed E-state index contributed by atoms with van der Waals surface area (Å²) in [6.07, 6.45) is 7.07. The lowest BCUT2D eigenvalue weighted by molar-refractivity contribution is 0.569. The van der Waals surface area contributed by atoms with Crippen molar-refractivity contribution in [1.82, 2.24) is 0 Å².